The van der Waals surface area contributed by atoms with Gasteiger partial charge < -0.3 is 5.73 Å². The summed E-state index contributed by atoms with van der Waals surface area (Å²) < 4.78 is 2.80. The first-order chi connectivity index (χ1) is 10.1. The van der Waals surface area contributed by atoms with Gasteiger partial charge in [0.1, 0.15) is 0 Å². The van der Waals surface area contributed by atoms with Crippen LogP contribution >= 0.6 is 27.7 Å². The Morgan fingerprint density at radius 1 is 1.43 bits per heavy atom. The van der Waals surface area contributed by atoms with Gasteiger partial charge in [-0.1, -0.05) is 39.8 Å². The van der Waals surface area contributed by atoms with Gasteiger partial charge in [-0.25, -0.2) is 9.89 Å². The molecule has 0 bridgehead atoms. The van der Waals surface area contributed by atoms with E-state index in [1.165, 1.54) is 0 Å². The smallest absolute Gasteiger partial charge is 0.327 e. The van der Waals surface area contributed by atoms with Crippen molar-refractivity contribution < 1.29 is 0 Å². The molecule has 7 heteroatoms. The quantitative estimate of drug-likeness (QED) is 0.795. The van der Waals surface area contributed by atoms with E-state index in [2.05, 4.69) is 38.3 Å². The summed E-state index contributed by atoms with van der Waals surface area (Å²) in [6.07, 6.45) is 2.10. The number of H-pyrrole nitrogens is 1. The molecule has 3 rings (SSSR count). The van der Waals surface area contributed by atoms with Crippen molar-refractivity contribution in [3.05, 3.63) is 44.8 Å². The third-order valence-electron chi connectivity index (χ3n) is 3.49. The van der Waals surface area contributed by atoms with Crippen molar-refractivity contribution in [3.63, 3.8) is 0 Å². The van der Waals surface area contributed by atoms with E-state index in [1.54, 1.807) is 16.3 Å². The largest absolute Gasteiger partial charge is 0.344 e. The molecule has 1 aromatic heterocycles. The van der Waals surface area contributed by atoms with Crippen molar-refractivity contribution in [3.8, 4) is 0 Å². The molecule has 3 N–H and O–H groups in total. The number of halogens is 1. The molecular formula is C14H17BrN4OS. The molecule has 0 spiro atoms. The maximum atomic E-state index is 11.8. The number of hydrogen-bond donors (Lipinski definition) is 2. The summed E-state index contributed by atoms with van der Waals surface area (Å²) in [6, 6.07) is 8.37. The van der Waals surface area contributed by atoms with Crippen molar-refractivity contribution in [2.45, 2.75) is 42.3 Å². The number of thioether (sulfide) groups is 1. The van der Waals surface area contributed by atoms with Gasteiger partial charge in [-0.3, -0.25) is 4.57 Å². The predicted molar refractivity (Wildman–Crippen MR) is 87.5 cm³/mol. The van der Waals surface area contributed by atoms with E-state index in [0.717, 1.165) is 28.0 Å². The zero-order chi connectivity index (χ0) is 15.0. The van der Waals surface area contributed by atoms with Crippen LogP contribution in [0.2, 0.25) is 0 Å². The molecule has 5 nitrogen and oxygen atoms in total. The second-order valence-corrected chi connectivity index (χ2v) is 7.39. The van der Waals surface area contributed by atoms with Crippen molar-refractivity contribution in [2.24, 2.45) is 5.73 Å². The average molecular weight is 369 g/mol. The second-order valence-electron chi connectivity index (χ2n) is 5.36. The van der Waals surface area contributed by atoms with E-state index in [4.69, 9.17) is 5.73 Å². The Hall–Kier alpha value is -1.05. The van der Waals surface area contributed by atoms with Crippen molar-refractivity contribution in [1.29, 1.82) is 0 Å². The van der Waals surface area contributed by atoms with Gasteiger partial charge >= 0.3 is 5.69 Å². The van der Waals surface area contributed by atoms with Crippen LogP contribution in [0, 0.1) is 0 Å². The topological polar surface area (TPSA) is 76.7 Å². The molecule has 0 aliphatic heterocycles. The molecule has 1 aliphatic carbocycles. The van der Waals surface area contributed by atoms with E-state index in [1.807, 2.05) is 19.1 Å². The number of benzene rings is 1. The van der Waals surface area contributed by atoms with Crippen molar-refractivity contribution >= 4 is 27.7 Å². The fraction of sp³-hybridized carbons (Fsp3) is 0.429. The summed E-state index contributed by atoms with van der Waals surface area (Å²) in [5.41, 5.74) is 7.15. The molecule has 2 atom stereocenters. The molecule has 1 aliphatic rings. The third kappa shape index (κ3) is 3.25. The maximum Gasteiger partial charge on any atom is 0.344 e. The number of nitrogens with two attached hydrogens (primary N) is 1. The first-order valence-electron chi connectivity index (χ1n) is 6.91. The number of aromatic nitrogens is 3. The number of hydrogen-bond acceptors (Lipinski definition) is 4. The van der Waals surface area contributed by atoms with E-state index < -0.39 is 0 Å². The highest BCUT2D eigenvalue weighted by atomic mass is 79.9. The lowest BCUT2D eigenvalue weighted by Crippen LogP contribution is -2.23. The summed E-state index contributed by atoms with van der Waals surface area (Å²) >= 11 is 4.99. The lowest BCUT2D eigenvalue weighted by atomic mass is 10.1. The Bertz CT molecular complexity index is 675. The number of aromatic amines is 1. The van der Waals surface area contributed by atoms with Crippen LogP contribution in [0.4, 0.5) is 0 Å². The molecule has 2 unspecified atom stereocenters. The molecule has 2 aromatic rings. The van der Waals surface area contributed by atoms with Crippen LogP contribution in [-0.4, -0.2) is 20.8 Å². The van der Waals surface area contributed by atoms with Gasteiger partial charge in [0.25, 0.3) is 0 Å². The van der Waals surface area contributed by atoms with Crippen molar-refractivity contribution in [2.75, 3.05) is 0 Å². The molecule has 1 aromatic carbocycles. The molecule has 0 radical (unpaired) electrons. The normalized spacial score (nSPS) is 17.7. The number of rotatable bonds is 5. The fourth-order valence-corrected chi connectivity index (χ4v) is 3.72. The highest BCUT2D eigenvalue weighted by molar-refractivity contribution is 9.10. The highest BCUT2D eigenvalue weighted by Crippen LogP contribution is 2.41. The summed E-state index contributed by atoms with van der Waals surface area (Å²) in [4.78, 5) is 11.8. The van der Waals surface area contributed by atoms with Crippen LogP contribution in [0.3, 0.4) is 0 Å². The van der Waals surface area contributed by atoms with Gasteiger partial charge in [0.15, 0.2) is 5.16 Å². The Kier molecular flexibility index (Phi) is 4.24. The van der Waals surface area contributed by atoms with Crippen LogP contribution < -0.4 is 11.4 Å². The number of nitrogens with zero attached hydrogens (tertiary/aromatic N) is 2. The minimum Gasteiger partial charge on any atom is -0.327 e. The SMILES string of the molecule is CC(N)C(Sc1n[nH]c(=O)n1C1CC1)c1ccc(Br)cc1. The van der Waals surface area contributed by atoms with E-state index in [0.29, 0.717) is 6.04 Å². The monoisotopic (exact) mass is 368 g/mol. The Balaban J connectivity index is 1.89. The molecule has 1 saturated carbocycles. The first kappa shape index (κ1) is 14.9. The van der Waals surface area contributed by atoms with Gasteiger partial charge in [0.05, 0.1) is 5.25 Å². The standard InChI is InChI=1S/C14H17BrN4OS/c1-8(16)12(9-2-4-10(15)5-3-9)21-14-18-17-13(20)19(14)11-6-7-11/h2-5,8,11-12H,6-7,16H2,1H3,(H,17,20). The van der Waals surface area contributed by atoms with Gasteiger partial charge in [0.2, 0.25) is 0 Å². The maximum absolute atomic E-state index is 11.8. The molecule has 1 heterocycles. The number of nitrogens with one attached hydrogen (secondary N) is 1. The third-order valence-corrected chi connectivity index (χ3v) is 5.48. The van der Waals surface area contributed by atoms with Crippen LogP contribution in [0.25, 0.3) is 0 Å². The summed E-state index contributed by atoms with van der Waals surface area (Å²) in [5, 5.41) is 7.51. The van der Waals surface area contributed by atoms with Crippen molar-refractivity contribution in [1.82, 2.24) is 14.8 Å². The minimum atomic E-state index is -0.126. The Morgan fingerprint density at radius 3 is 2.67 bits per heavy atom. The van der Waals surface area contributed by atoms with E-state index in [-0.39, 0.29) is 17.0 Å². The zero-order valence-corrected chi connectivity index (χ0v) is 14.0. The van der Waals surface area contributed by atoms with Crippen LogP contribution in [0.1, 0.15) is 36.6 Å². The van der Waals surface area contributed by atoms with Gasteiger partial charge in [-0.15, -0.1) is 5.10 Å². The highest BCUT2D eigenvalue weighted by Gasteiger charge is 2.30. The van der Waals surface area contributed by atoms with Gasteiger partial charge in [-0.2, -0.15) is 0 Å². The van der Waals surface area contributed by atoms with Gasteiger partial charge in [0, 0.05) is 16.6 Å². The lowest BCUT2D eigenvalue weighted by molar-refractivity contribution is 0.636. The summed E-state index contributed by atoms with van der Waals surface area (Å²) in [5.74, 6) is 0. The summed E-state index contributed by atoms with van der Waals surface area (Å²) in [7, 11) is 0. The van der Waals surface area contributed by atoms with Gasteiger partial charge in [-0.05, 0) is 37.5 Å². The predicted octanol–water partition coefficient (Wildman–Crippen LogP) is 2.85. The molecular weight excluding hydrogens is 352 g/mol. The Morgan fingerprint density at radius 2 is 2.10 bits per heavy atom. The first-order valence-corrected chi connectivity index (χ1v) is 8.58. The molecule has 112 valence electrons. The lowest BCUT2D eigenvalue weighted by Gasteiger charge is -2.20. The van der Waals surface area contributed by atoms with E-state index in [9.17, 15) is 4.79 Å². The minimum absolute atomic E-state index is 0.0457. The average Bonchev–Trinajstić information content (AvgIpc) is 3.21. The molecule has 0 amide bonds. The van der Waals surface area contributed by atoms with Crippen LogP contribution in [0.15, 0.2) is 38.7 Å². The molecule has 0 saturated heterocycles. The fourth-order valence-electron chi connectivity index (χ4n) is 2.27. The Labute approximate surface area is 135 Å². The van der Waals surface area contributed by atoms with Crippen LogP contribution in [-0.2, 0) is 0 Å². The zero-order valence-electron chi connectivity index (χ0n) is 11.6. The second kappa shape index (κ2) is 5.98. The molecule has 1 fully saturated rings. The molecule has 21 heavy (non-hydrogen) atoms. The van der Waals surface area contributed by atoms with Crippen LogP contribution in [0.5, 0.6) is 0 Å². The summed E-state index contributed by atoms with van der Waals surface area (Å²) in [6.45, 7) is 1.98. The van der Waals surface area contributed by atoms with E-state index >= 15 is 0 Å².